The largest absolute Gasteiger partial charge is 0.240 e. The monoisotopic (exact) mass is 272 g/mol. The average molecular weight is 272 g/mol. The second-order valence-electron chi connectivity index (χ2n) is 3.95. The van der Waals surface area contributed by atoms with Crippen LogP contribution in [0.4, 0.5) is 0 Å². The van der Waals surface area contributed by atoms with Gasteiger partial charge in [0.2, 0.25) is 10.0 Å². The van der Waals surface area contributed by atoms with Crippen LogP contribution in [0.25, 0.3) is 0 Å². The van der Waals surface area contributed by atoms with Gasteiger partial charge >= 0.3 is 0 Å². The summed E-state index contributed by atoms with van der Waals surface area (Å²) in [5, 5.41) is 8.67. The second kappa shape index (κ2) is 5.65. The SMILES string of the molecule is N#Cc1ccc(CNS(=O)(=O)c2ccccc2)cc1. The number of hydrogen-bond acceptors (Lipinski definition) is 3. The molecule has 2 rings (SSSR count). The van der Waals surface area contributed by atoms with Gasteiger partial charge in [-0.05, 0) is 29.8 Å². The number of sulfonamides is 1. The first kappa shape index (κ1) is 13.3. The van der Waals surface area contributed by atoms with E-state index >= 15 is 0 Å². The fourth-order valence-electron chi connectivity index (χ4n) is 1.56. The van der Waals surface area contributed by atoms with Gasteiger partial charge in [-0.2, -0.15) is 5.26 Å². The summed E-state index contributed by atoms with van der Waals surface area (Å²) >= 11 is 0. The molecule has 5 heteroatoms. The maximum atomic E-state index is 12.0. The molecular weight excluding hydrogens is 260 g/mol. The summed E-state index contributed by atoms with van der Waals surface area (Å²) < 4.78 is 26.4. The molecule has 0 fully saturated rings. The van der Waals surface area contributed by atoms with Crippen LogP contribution in [-0.4, -0.2) is 8.42 Å². The van der Waals surface area contributed by atoms with Crippen molar-refractivity contribution in [2.45, 2.75) is 11.4 Å². The molecule has 19 heavy (non-hydrogen) atoms. The summed E-state index contributed by atoms with van der Waals surface area (Å²) in [7, 11) is -3.49. The Labute approximate surface area is 112 Å². The van der Waals surface area contributed by atoms with Crippen LogP contribution in [-0.2, 0) is 16.6 Å². The quantitative estimate of drug-likeness (QED) is 0.925. The first-order chi connectivity index (χ1) is 9.12. The van der Waals surface area contributed by atoms with Crippen LogP contribution in [0.3, 0.4) is 0 Å². The molecule has 2 aromatic rings. The summed E-state index contributed by atoms with van der Waals surface area (Å²) in [6.07, 6.45) is 0. The van der Waals surface area contributed by atoms with Gasteiger partial charge in [0.05, 0.1) is 16.5 Å². The minimum Gasteiger partial charge on any atom is -0.207 e. The van der Waals surface area contributed by atoms with E-state index in [2.05, 4.69) is 4.72 Å². The van der Waals surface area contributed by atoms with E-state index < -0.39 is 10.0 Å². The number of nitrogens with zero attached hydrogens (tertiary/aromatic N) is 1. The maximum absolute atomic E-state index is 12.0. The Morgan fingerprint density at radius 1 is 1.00 bits per heavy atom. The number of nitriles is 1. The van der Waals surface area contributed by atoms with E-state index in [4.69, 9.17) is 5.26 Å². The van der Waals surface area contributed by atoms with Gasteiger partial charge in [0.1, 0.15) is 0 Å². The van der Waals surface area contributed by atoms with Crippen LogP contribution < -0.4 is 4.72 Å². The lowest BCUT2D eigenvalue weighted by Crippen LogP contribution is -2.23. The van der Waals surface area contributed by atoms with Gasteiger partial charge in [-0.15, -0.1) is 0 Å². The first-order valence-electron chi connectivity index (χ1n) is 5.65. The molecule has 0 aliphatic rings. The van der Waals surface area contributed by atoms with Crippen molar-refractivity contribution in [2.75, 3.05) is 0 Å². The number of nitrogens with one attached hydrogen (secondary N) is 1. The third kappa shape index (κ3) is 3.41. The van der Waals surface area contributed by atoms with Crippen LogP contribution >= 0.6 is 0 Å². The Bertz CT molecular complexity index is 686. The standard InChI is InChI=1S/C14H12N2O2S/c15-10-12-6-8-13(9-7-12)11-16-19(17,18)14-4-2-1-3-5-14/h1-9,16H,11H2. The van der Waals surface area contributed by atoms with Crippen LogP contribution in [0.1, 0.15) is 11.1 Å². The van der Waals surface area contributed by atoms with E-state index in [-0.39, 0.29) is 11.4 Å². The Hall–Kier alpha value is -2.16. The van der Waals surface area contributed by atoms with Crippen LogP contribution in [0.15, 0.2) is 59.5 Å². The van der Waals surface area contributed by atoms with Gasteiger partial charge in [0.25, 0.3) is 0 Å². The fraction of sp³-hybridized carbons (Fsp3) is 0.0714. The van der Waals surface area contributed by atoms with Crippen molar-refractivity contribution in [3.63, 3.8) is 0 Å². The fourth-order valence-corrected chi connectivity index (χ4v) is 2.60. The molecule has 96 valence electrons. The van der Waals surface area contributed by atoms with E-state index in [9.17, 15) is 8.42 Å². The molecule has 0 saturated heterocycles. The third-order valence-electron chi connectivity index (χ3n) is 2.60. The smallest absolute Gasteiger partial charge is 0.207 e. The van der Waals surface area contributed by atoms with Crippen molar-refractivity contribution in [2.24, 2.45) is 0 Å². The molecule has 0 atom stereocenters. The van der Waals surface area contributed by atoms with Crippen molar-refractivity contribution in [1.29, 1.82) is 5.26 Å². The molecule has 0 aliphatic carbocycles. The molecule has 1 N–H and O–H groups in total. The van der Waals surface area contributed by atoms with Crippen molar-refractivity contribution in [1.82, 2.24) is 4.72 Å². The Morgan fingerprint density at radius 3 is 2.21 bits per heavy atom. The zero-order chi connectivity index (χ0) is 13.7. The van der Waals surface area contributed by atoms with Crippen LogP contribution in [0.2, 0.25) is 0 Å². The van der Waals surface area contributed by atoms with Gasteiger partial charge in [0.15, 0.2) is 0 Å². The van der Waals surface area contributed by atoms with Crippen molar-refractivity contribution in [3.05, 3.63) is 65.7 Å². The van der Waals surface area contributed by atoms with Gasteiger partial charge in [-0.25, -0.2) is 13.1 Å². The Kier molecular flexibility index (Phi) is 3.95. The maximum Gasteiger partial charge on any atom is 0.240 e. The number of rotatable bonds is 4. The molecule has 0 spiro atoms. The van der Waals surface area contributed by atoms with E-state index in [1.54, 1.807) is 54.6 Å². The highest BCUT2D eigenvalue weighted by atomic mass is 32.2. The molecule has 0 heterocycles. The molecule has 0 aromatic heterocycles. The predicted molar refractivity (Wildman–Crippen MR) is 71.6 cm³/mol. The van der Waals surface area contributed by atoms with Gasteiger partial charge in [-0.3, -0.25) is 0 Å². The molecule has 0 radical (unpaired) electrons. The zero-order valence-corrected chi connectivity index (χ0v) is 10.9. The lowest BCUT2D eigenvalue weighted by molar-refractivity contribution is 0.581. The van der Waals surface area contributed by atoms with Gasteiger partial charge < -0.3 is 0 Å². The molecule has 0 saturated carbocycles. The topological polar surface area (TPSA) is 70.0 Å². The van der Waals surface area contributed by atoms with E-state index in [1.807, 2.05) is 6.07 Å². The van der Waals surface area contributed by atoms with Crippen LogP contribution in [0.5, 0.6) is 0 Å². The highest BCUT2D eigenvalue weighted by molar-refractivity contribution is 7.89. The lowest BCUT2D eigenvalue weighted by Gasteiger charge is -2.06. The third-order valence-corrected chi connectivity index (χ3v) is 4.02. The van der Waals surface area contributed by atoms with Crippen molar-refractivity contribution in [3.8, 4) is 6.07 Å². The number of benzene rings is 2. The molecular formula is C14H12N2O2S. The molecule has 0 aliphatic heterocycles. The summed E-state index contributed by atoms with van der Waals surface area (Å²) in [5.74, 6) is 0. The van der Waals surface area contributed by atoms with E-state index in [1.165, 1.54) is 0 Å². The molecule has 4 nitrogen and oxygen atoms in total. The van der Waals surface area contributed by atoms with E-state index in [0.717, 1.165) is 5.56 Å². The Balaban J connectivity index is 2.08. The normalized spacial score (nSPS) is 10.9. The summed E-state index contributed by atoms with van der Waals surface area (Å²) in [6.45, 7) is 0.197. The highest BCUT2D eigenvalue weighted by Gasteiger charge is 2.12. The molecule has 2 aromatic carbocycles. The molecule has 0 amide bonds. The summed E-state index contributed by atoms with van der Waals surface area (Å²) in [6, 6.07) is 17.0. The highest BCUT2D eigenvalue weighted by Crippen LogP contribution is 2.09. The molecule has 0 unspecified atom stereocenters. The minimum absolute atomic E-state index is 0.197. The minimum atomic E-state index is -3.49. The zero-order valence-electron chi connectivity index (χ0n) is 10.1. The first-order valence-corrected chi connectivity index (χ1v) is 7.14. The van der Waals surface area contributed by atoms with E-state index in [0.29, 0.717) is 5.56 Å². The van der Waals surface area contributed by atoms with Crippen molar-refractivity contribution >= 4 is 10.0 Å². The number of hydrogen-bond donors (Lipinski definition) is 1. The Morgan fingerprint density at radius 2 is 1.63 bits per heavy atom. The van der Waals surface area contributed by atoms with Crippen molar-refractivity contribution < 1.29 is 8.42 Å². The molecule has 0 bridgehead atoms. The predicted octanol–water partition coefficient (Wildman–Crippen LogP) is 2.04. The second-order valence-corrected chi connectivity index (χ2v) is 5.71. The summed E-state index contributed by atoms with van der Waals surface area (Å²) in [5.41, 5.74) is 1.35. The summed E-state index contributed by atoms with van der Waals surface area (Å²) in [4.78, 5) is 0.239. The van der Waals surface area contributed by atoms with Gasteiger partial charge in [-0.1, -0.05) is 30.3 Å². The lowest BCUT2D eigenvalue weighted by atomic mass is 10.1. The average Bonchev–Trinajstić information content (AvgIpc) is 2.47. The van der Waals surface area contributed by atoms with Gasteiger partial charge in [0, 0.05) is 6.54 Å². The van der Waals surface area contributed by atoms with Crippen LogP contribution in [0, 0.1) is 11.3 Å².